The molecule has 0 saturated carbocycles. The van der Waals surface area contributed by atoms with Gasteiger partial charge in [-0.05, 0) is 18.5 Å². The zero-order valence-electron chi connectivity index (χ0n) is 8.84. The fourth-order valence-corrected chi connectivity index (χ4v) is 1.43. The largest absolute Gasteiger partial charge is 0.313 e. The van der Waals surface area contributed by atoms with Gasteiger partial charge in [-0.3, -0.25) is 0 Å². The molecular formula is C13H20N. The van der Waals surface area contributed by atoms with Crippen LogP contribution in [-0.4, -0.2) is 6.54 Å². The minimum atomic E-state index is 0.991. The van der Waals surface area contributed by atoms with E-state index in [9.17, 15) is 0 Å². The molecule has 1 heteroatoms. The van der Waals surface area contributed by atoms with Crippen LogP contribution in [0.4, 0.5) is 0 Å². The molecule has 0 unspecified atom stereocenters. The highest BCUT2D eigenvalue weighted by Crippen LogP contribution is 1.99. The molecule has 0 atom stereocenters. The maximum Gasteiger partial charge on any atom is 0.0205 e. The standard InChI is InChI=1S/C13H20N/c1-2-3-4-8-11-14-12-13-9-6-5-7-10-13/h5-7,9-10,14H,1-4,8,11-12H2. The van der Waals surface area contributed by atoms with Crippen LogP contribution >= 0.6 is 0 Å². The van der Waals surface area contributed by atoms with Gasteiger partial charge in [0.1, 0.15) is 0 Å². The Kier molecular flexibility index (Phi) is 6.09. The van der Waals surface area contributed by atoms with Crippen molar-refractivity contribution in [3.8, 4) is 0 Å². The van der Waals surface area contributed by atoms with E-state index >= 15 is 0 Å². The van der Waals surface area contributed by atoms with Gasteiger partial charge in [0.15, 0.2) is 0 Å². The van der Waals surface area contributed by atoms with Crippen LogP contribution in [0, 0.1) is 6.92 Å². The van der Waals surface area contributed by atoms with Gasteiger partial charge in [0.25, 0.3) is 0 Å². The lowest BCUT2D eigenvalue weighted by atomic mass is 10.2. The summed E-state index contributed by atoms with van der Waals surface area (Å²) in [5.41, 5.74) is 1.37. The summed E-state index contributed by atoms with van der Waals surface area (Å²) in [7, 11) is 0. The molecule has 0 spiro atoms. The molecular weight excluding hydrogens is 170 g/mol. The van der Waals surface area contributed by atoms with Crippen LogP contribution in [0.3, 0.4) is 0 Å². The Labute approximate surface area is 87.5 Å². The summed E-state index contributed by atoms with van der Waals surface area (Å²) >= 11 is 0. The summed E-state index contributed by atoms with van der Waals surface area (Å²) in [4.78, 5) is 0. The number of rotatable bonds is 7. The zero-order chi connectivity index (χ0) is 10.1. The molecule has 0 amide bonds. The van der Waals surface area contributed by atoms with Gasteiger partial charge in [-0.2, -0.15) is 0 Å². The zero-order valence-corrected chi connectivity index (χ0v) is 8.84. The topological polar surface area (TPSA) is 12.0 Å². The highest BCUT2D eigenvalue weighted by Gasteiger charge is 1.90. The first kappa shape index (κ1) is 11.3. The second-order valence-electron chi connectivity index (χ2n) is 3.58. The van der Waals surface area contributed by atoms with Crippen molar-refractivity contribution < 1.29 is 0 Å². The maximum absolute atomic E-state index is 3.83. The number of unbranched alkanes of at least 4 members (excludes halogenated alkanes) is 3. The highest BCUT2D eigenvalue weighted by atomic mass is 14.8. The van der Waals surface area contributed by atoms with Crippen LogP contribution in [-0.2, 0) is 6.54 Å². The van der Waals surface area contributed by atoms with E-state index in [1.54, 1.807) is 0 Å². The molecule has 0 aliphatic heterocycles. The van der Waals surface area contributed by atoms with E-state index < -0.39 is 0 Å². The lowest BCUT2D eigenvalue weighted by Gasteiger charge is -2.04. The van der Waals surface area contributed by atoms with E-state index in [2.05, 4.69) is 42.6 Å². The van der Waals surface area contributed by atoms with Crippen LogP contribution in [0.15, 0.2) is 30.3 Å². The van der Waals surface area contributed by atoms with Crippen molar-refractivity contribution in [1.29, 1.82) is 0 Å². The van der Waals surface area contributed by atoms with Gasteiger partial charge in [0.2, 0.25) is 0 Å². The first-order valence-electron chi connectivity index (χ1n) is 5.47. The average Bonchev–Trinajstić information content (AvgIpc) is 2.25. The molecule has 1 aromatic carbocycles. The number of nitrogens with one attached hydrogen (secondary N) is 1. The van der Waals surface area contributed by atoms with Crippen LogP contribution in [0.1, 0.15) is 31.2 Å². The molecule has 0 aliphatic carbocycles. The predicted molar refractivity (Wildman–Crippen MR) is 62.0 cm³/mol. The third-order valence-corrected chi connectivity index (χ3v) is 2.28. The Morgan fingerprint density at radius 2 is 1.79 bits per heavy atom. The minimum absolute atomic E-state index is 0.991. The summed E-state index contributed by atoms with van der Waals surface area (Å²) in [6.45, 7) is 5.94. The van der Waals surface area contributed by atoms with E-state index in [0.29, 0.717) is 0 Å². The molecule has 1 rings (SSSR count). The smallest absolute Gasteiger partial charge is 0.0205 e. The number of benzene rings is 1. The Hall–Kier alpha value is -0.820. The van der Waals surface area contributed by atoms with Gasteiger partial charge in [0, 0.05) is 6.54 Å². The average molecular weight is 190 g/mol. The van der Waals surface area contributed by atoms with E-state index in [4.69, 9.17) is 0 Å². The van der Waals surface area contributed by atoms with Gasteiger partial charge in [-0.15, -0.1) is 0 Å². The summed E-state index contributed by atoms with van der Waals surface area (Å²) in [5.74, 6) is 0. The molecule has 77 valence electrons. The third-order valence-electron chi connectivity index (χ3n) is 2.28. The summed E-state index contributed by atoms with van der Waals surface area (Å²) < 4.78 is 0. The van der Waals surface area contributed by atoms with Crippen LogP contribution in [0.2, 0.25) is 0 Å². The monoisotopic (exact) mass is 190 g/mol. The number of hydrogen-bond donors (Lipinski definition) is 1. The lowest BCUT2D eigenvalue weighted by Crippen LogP contribution is -2.14. The van der Waals surface area contributed by atoms with Crippen LogP contribution < -0.4 is 5.32 Å². The van der Waals surface area contributed by atoms with E-state index in [1.807, 2.05) is 0 Å². The van der Waals surface area contributed by atoms with E-state index in [-0.39, 0.29) is 0 Å². The Bertz CT molecular complexity index is 218. The number of hydrogen-bond acceptors (Lipinski definition) is 1. The fourth-order valence-electron chi connectivity index (χ4n) is 1.43. The summed E-state index contributed by atoms with van der Waals surface area (Å²) in [6.07, 6.45) is 4.89. The Balaban J connectivity index is 1.99. The van der Waals surface area contributed by atoms with Gasteiger partial charge in [-0.25, -0.2) is 0 Å². The summed E-state index contributed by atoms with van der Waals surface area (Å²) in [5, 5.41) is 3.44. The molecule has 0 saturated heterocycles. The molecule has 1 aromatic rings. The van der Waals surface area contributed by atoms with Crippen molar-refractivity contribution in [2.24, 2.45) is 0 Å². The quantitative estimate of drug-likeness (QED) is 0.651. The molecule has 1 N–H and O–H groups in total. The first-order valence-corrected chi connectivity index (χ1v) is 5.47. The molecule has 14 heavy (non-hydrogen) atoms. The highest BCUT2D eigenvalue weighted by molar-refractivity contribution is 5.14. The second-order valence-corrected chi connectivity index (χ2v) is 3.58. The maximum atomic E-state index is 3.83. The van der Waals surface area contributed by atoms with Crippen molar-refractivity contribution in [3.63, 3.8) is 0 Å². The molecule has 0 aromatic heterocycles. The van der Waals surface area contributed by atoms with Crippen molar-refractivity contribution in [3.05, 3.63) is 42.8 Å². The molecule has 0 fully saturated rings. The predicted octanol–water partition coefficient (Wildman–Crippen LogP) is 3.17. The lowest BCUT2D eigenvalue weighted by molar-refractivity contribution is 0.605. The van der Waals surface area contributed by atoms with Gasteiger partial charge in [-0.1, -0.05) is 56.5 Å². The molecule has 0 heterocycles. The SMILES string of the molecule is [CH2]CCCCCNCc1ccccc1. The third kappa shape index (κ3) is 5.03. The van der Waals surface area contributed by atoms with Crippen LogP contribution in [0.5, 0.6) is 0 Å². The normalized spacial score (nSPS) is 10.4. The van der Waals surface area contributed by atoms with Gasteiger partial charge < -0.3 is 5.32 Å². The molecule has 0 bridgehead atoms. The second kappa shape index (κ2) is 7.57. The van der Waals surface area contributed by atoms with Crippen molar-refractivity contribution in [2.75, 3.05) is 6.54 Å². The Morgan fingerprint density at radius 3 is 2.50 bits per heavy atom. The van der Waals surface area contributed by atoms with Gasteiger partial charge in [0.05, 0.1) is 0 Å². The first-order chi connectivity index (χ1) is 6.93. The van der Waals surface area contributed by atoms with Crippen LogP contribution in [0.25, 0.3) is 0 Å². The van der Waals surface area contributed by atoms with Gasteiger partial charge >= 0.3 is 0 Å². The van der Waals surface area contributed by atoms with Crippen molar-refractivity contribution >= 4 is 0 Å². The Morgan fingerprint density at radius 1 is 1.00 bits per heavy atom. The molecule has 0 aliphatic rings. The molecule has 1 radical (unpaired) electrons. The minimum Gasteiger partial charge on any atom is -0.313 e. The van der Waals surface area contributed by atoms with Crippen molar-refractivity contribution in [1.82, 2.24) is 5.32 Å². The fraction of sp³-hybridized carbons (Fsp3) is 0.462. The van der Waals surface area contributed by atoms with Crippen molar-refractivity contribution in [2.45, 2.75) is 32.2 Å². The summed E-state index contributed by atoms with van der Waals surface area (Å²) in [6, 6.07) is 10.5. The van der Waals surface area contributed by atoms with E-state index in [0.717, 1.165) is 19.5 Å². The van der Waals surface area contributed by atoms with E-state index in [1.165, 1.54) is 24.8 Å². The molecule has 1 nitrogen and oxygen atoms in total.